The van der Waals surface area contributed by atoms with E-state index in [0.29, 0.717) is 5.92 Å². The number of β-amino-alcohol motifs (C(OH)–C–C–N with tert-alkyl or cyclic N) is 1. The summed E-state index contributed by atoms with van der Waals surface area (Å²) in [6, 6.07) is 0. The number of aliphatic hydroxyl groups is 1. The van der Waals surface area contributed by atoms with E-state index < -0.39 is 0 Å². The number of hydrogen-bond donors (Lipinski definition) is 1. The fraction of sp³-hybridized carbons (Fsp3) is 0.857. The molecule has 0 unspecified atom stereocenters. The van der Waals surface area contributed by atoms with E-state index in [2.05, 4.69) is 29.7 Å². The summed E-state index contributed by atoms with van der Waals surface area (Å²) in [6.45, 7) is 10.5. The molecule has 2 aliphatic heterocycles. The van der Waals surface area contributed by atoms with Crippen molar-refractivity contribution in [1.82, 2.24) is 9.80 Å². The van der Waals surface area contributed by atoms with E-state index in [4.69, 9.17) is 9.84 Å². The maximum Gasteiger partial charge on any atom is 0.311 e. The molecule has 2 saturated heterocycles. The Morgan fingerprint density at radius 2 is 2.00 bits per heavy atom. The largest absolute Gasteiger partial charge is 0.461 e. The number of aliphatic hydroxyl groups excluding tert-OH is 1. The smallest absolute Gasteiger partial charge is 0.311 e. The van der Waals surface area contributed by atoms with Gasteiger partial charge < -0.3 is 9.84 Å². The highest BCUT2D eigenvalue weighted by Crippen LogP contribution is 2.53. The van der Waals surface area contributed by atoms with Gasteiger partial charge >= 0.3 is 5.97 Å². The highest BCUT2D eigenvalue weighted by molar-refractivity contribution is 5.76. The zero-order chi connectivity index (χ0) is 18.3. The van der Waals surface area contributed by atoms with Crippen LogP contribution in [0.25, 0.3) is 0 Å². The van der Waals surface area contributed by atoms with Gasteiger partial charge in [0, 0.05) is 45.2 Å². The van der Waals surface area contributed by atoms with Crippen molar-refractivity contribution < 1.29 is 14.6 Å². The molecule has 5 heteroatoms. The predicted molar refractivity (Wildman–Crippen MR) is 101 cm³/mol. The van der Waals surface area contributed by atoms with Crippen LogP contribution in [0.3, 0.4) is 0 Å². The van der Waals surface area contributed by atoms with Gasteiger partial charge in [-0.3, -0.25) is 14.6 Å². The molecule has 0 radical (unpaired) electrons. The van der Waals surface area contributed by atoms with E-state index in [1.165, 1.54) is 19.3 Å². The van der Waals surface area contributed by atoms with Crippen molar-refractivity contribution in [3.63, 3.8) is 0 Å². The summed E-state index contributed by atoms with van der Waals surface area (Å²) in [5, 5.41) is 9.09. The summed E-state index contributed by atoms with van der Waals surface area (Å²) in [7, 11) is 0. The lowest BCUT2D eigenvalue weighted by Gasteiger charge is -2.46. The van der Waals surface area contributed by atoms with Crippen LogP contribution in [0.1, 0.15) is 39.5 Å². The van der Waals surface area contributed by atoms with E-state index in [9.17, 15) is 4.79 Å². The minimum Gasteiger partial charge on any atom is -0.461 e. The standard InChI is InChI=1S/C21H34N2O3/c1-15-4-3-5-21(2)13-19-16(12-18(15)21)17(20(25)26-19)14-23-8-6-22(7-9-23)10-11-24/h12,15-17,19,24H,3-11,13-14H2,1-2H3/t15-,16+,17-,19+,21+/m0/s1. The van der Waals surface area contributed by atoms with E-state index in [-0.39, 0.29) is 35.9 Å². The third-order valence-corrected chi connectivity index (χ3v) is 7.42. The van der Waals surface area contributed by atoms with Gasteiger partial charge in [-0.25, -0.2) is 0 Å². The first-order valence-corrected chi connectivity index (χ1v) is 10.5. The Bertz CT molecular complexity index is 570. The molecule has 0 aromatic rings. The monoisotopic (exact) mass is 362 g/mol. The molecule has 1 N–H and O–H groups in total. The molecule has 4 aliphatic rings. The molecule has 5 atom stereocenters. The van der Waals surface area contributed by atoms with Gasteiger partial charge in [0.1, 0.15) is 6.10 Å². The third-order valence-electron chi connectivity index (χ3n) is 7.42. The van der Waals surface area contributed by atoms with Crippen LogP contribution in [0.2, 0.25) is 0 Å². The SMILES string of the molecule is C[C@H]1CCC[C@]2(C)C[C@H]3OC(=O)[C@@H](CN4CCN(CCO)CC4)[C@H]3C=C12. The molecular weight excluding hydrogens is 328 g/mol. The van der Waals surface area contributed by atoms with E-state index in [1.54, 1.807) is 5.57 Å². The number of piperazine rings is 1. The summed E-state index contributed by atoms with van der Waals surface area (Å²) in [6.07, 6.45) is 7.37. The molecule has 1 saturated carbocycles. The van der Waals surface area contributed by atoms with Crippen LogP contribution < -0.4 is 0 Å². The van der Waals surface area contributed by atoms with Crippen molar-refractivity contribution in [3.05, 3.63) is 11.6 Å². The number of ether oxygens (including phenoxy) is 1. The summed E-state index contributed by atoms with van der Waals surface area (Å²) in [5.41, 5.74) is 1.84. The Morgan fingerprint density at radius 3 is 2.73 bits per heavy atom. The quantitative estimate of drug-likeness (QED) is 0.612. The number of carbonyl (C=O) groups is 1. The van der Waals surface area contributed by atoms with Gasteiger partial charge in [-0.1, -0.05) is 31.9 Å². The fourth-order valence-electron chi connectivity index (χ4n) is 5.87. The van der Waals surface area contributed by atoms with E-state index in [1.807, 2.05) is 0 Å². The molecule has 0 aromatic carbocycles. The molecular formula is C21H34N2O3. The highest BCUT2D eigenvalue weighted by Gasteiger charge is 2.51. The van der Waals surface area contributed by atoms with Crippen LogP contribution in [0, 0.1) is 23.2 Å². The fourth-order valence-corrected chi connectivity index (χ4v) is 5.87. The van der Waals surface area contributed by atoms with Crippen molar-refractivity contribution in [2.75, 3.05) is 45.9 Å². The minimum absolute atomic E-state index is 0.00410. The summed E-state index contributed by atoms with van der Waals surface area (Å²) < 4.78 is 5.87. The van der Waals surface area contributed by atoms with Crippen LogP contribution in [0.15, 0.2) is 11.6 Å². The molecule has 0 spiro atoms. The van der Waals surface area contributed by atoms with Gasteiger partial charge in [0.15, 0.2) is 0 Å². The first-order valence-electron chi connectivity index (χ1n) is 10.5. The van der Waals surface area contributed by atoms with Crippen LogP contribution in [0.4, 0.5) is 0 Å². The zero-order valence-corrected chi connectivity index (χ0v) is 16.3. The van der Waals surface area contributed by atoms with Gasteiger partial charge in [-0.2, -0.15) is 0 Å². The Labute approximate surface area is 157 Å². The maximum absolute atomic E-state index is 12.7. The second-order valence-electron chi connectivity index (χ2n) is 9.21. The lowest BCUT2D eigenvalue weighted by Crippen LogP contribution is -2.49. The first-order chi connectivity index (χ1) is 12.5. The number of rotatable bonds is 4. The molecule has 26 heavy (non-hydrogen) atoms. The maximum atomic E-state index is 12.7. The summed E-state index contributed by atoms with van der Waals surface area (Å²) in [5.74, 6) is 0.926. The van der Waals surface area contributed by atoms with Gasteiger partial charge in [0.05, 0.1) is 12.5 Å². The minimum atomic E-state index is -0.00410. The van der Waals surface area contributed by atoms with Crippen molar-refractivity contribution in [2.24, 2.45) is 23.2 Å². The number of hydrogen-bond acceptors (Lipinski definition) is 5. The van der Waals surface area contributed by atoms with Crippen LogP contribution in [0.5, 0.6) is 0 Å². The molecule has 5 nitrogen and oxygen atoms in total. The molecule has 2 heterocycles. The molecule has 0 amide bonds. The zero-order valence-electron chi connectivity index (χ0n) is 16.3. The van der Waals surface area contributed by atoms with Gasteiger partial charge in [-0.05, 0) is 30.6 Å². The van der Waals surface area contributed by atoms with Gasteiger partial charge in [0.2, 0.25) is 0 Å². The highest BCUT2D eigenvalue weighted by atomic mass is 16.6. The molecule has 3 fully saturated rings. The number of allylic oxidation sites excluding steroid dienone is 1. The lowest BCUT2D eigenvalue weighted by atomic mass is 9.59. The molecule has 0 aromatic heterocycles. The second-order valence-corrected chi connectivity index (χ2v) is 9.21. The number of nitrogens with zero attached hydrogens (tertiary/aromatic N) is 2. The summed E-state index contributed by atoms with van der Waals surface area (Å²) in [4.78, 5) is 17.4. The van der Waals surface area contributed by atoms with Crippen LogP contribution in [-0.4, -0.2) is 72.9 Å². The van der Waals surface area contributed by atoms with E-state index >= 15 is 0 Å². The van der Waals surface area contributed by atoms with E-state index in [0.717, 1.165) is 45.7 Å². The molecule has 2 aliphatic carbocycles. The first kappa shape index (κ1) is 18.5. The Balaban J connectivity index is 1.45. The Morgan fingerprint density at radius 1 is 1.27 bits per heavy atom. The van der Waals surface area contributed by atoms with Gasteiger partial charge in [0.25, 0.3) is 0 Å². The van der Waals surface area contributed by atoms with Crippen molar-refractivity contribution in [1.29, 1.82) is 0 Å². The predicted octanol–water partition coefficient (Wildman–Crippen LogP) is 1.91. The topological polar surface area (TPSA) is 53.0 Å². The molecule has 4 rings (SSSR count). The average molecular weight is 363 g/mol. The average Bonchev–Trinajstić information content (AvgIpc) is 2.89. The Hall–Kier alpha value is -0.910. The van der Waals surface area contributed by atoms with Crippen molar-refractivity contribution in [2.45, 2.75) is 45.6 Å². The lowest BCUT2D eigenvalue weighted by molar-refractivity contribution is -0.145. The molecule has 146 valence electrons. The van der Waals surface area contributed by atoms with Crippen molar-refractivity contribution in [3.8, 4) is 0 Å². The van der Waals surface area contributed by atoms with Crippen LogP contribution >= 0.6 is 0 Å². The third kappa shape index (κ3) is 3.34. The van der Waals surface area contributed by atoms with Crippen molar-refractivity contribution >= 4 is 5.97 Å². The second kappa shape index (κ2) is 7.25. The van der Waals surface area contributed by atoms with Gasteiger partial charge in [-0.15, -0.1) is 0 Å². The number of fused-ring (bicyclic) bond motifs is 2. The van der Waals surface area contributed by atoms with Crippen LogP contribution in [-0.2, 0) is 9.53 Å². The summed E-state index contributed by atoms with van der Waals surface area (Å²) >= 11 is 0. The molecule has 0 bridgehead atoms. The Kier molecular flexibility index (Phi) is 5.15. The number of carbonyl (C=O) groups excluding carboxylic acids is 1. The number of esters is 1. The normalized spacial score (nSPS) is 41.3.